The lowest BCUT2D eigenvalue weighted by atomic mass is 9.94. The van der Waals surface area contributed by atoms with Gasteiger partial charge < -0.3 is 14.1 Å². The van der Waals surface area contributed by atoms with Crippen LogP contribution in [0.25, 0.3) is 0 Å². The second-order valence-corrected chi connectivity index (χ2v) is 11.1. The van der Waals surface area contributed by atoms with Gasteiger partial charge in [-0.1, -0.05) is 25.8 Å². The van der Waals surface area contributed by atoms with Crippen molar-refractivity contribution in [2.75, 3.05) is 19.8 Å². The first-order valence-corrected chi connectivity index (χ1v) is 11.4. The van der Waals surface area contributed by atoms with Crippen molar-refractivity contribution in [3.63, 3.8) is 0 Å². The second kappa shape index (κ2) is 7.62. The highest BCUT2D eigenvalue weighted by Crippen LogP contribution is 2.25. The molecule has 0 amide bonds. The number of hydrogen-bond acceptors (Lipinski definition) is 3. The predicted octanol–water partition coefficient (Wildman–Crippen LogP) is 3.78. The van der Waals surface area contributed by atoms with Crippen LogP contribution in [-0.2, 0) is 9.16 Å². The van der Waals surface area contributed by atoms with E-state index in [1.54, 1.807) is 0 Å². The summed E-state index contributed by atoms with van der Waals surface area (Å²) in [6.45, 7) is 11.3. The van der Waals surface area contributed by atoms with E-state index in [1.807, 2.05) is 6.20 Å². The number of rotatable bonds is 4. The molecule has 116 valence electrons. The topological polar surface area (TPSA) is 21.7 Å². The molecule has 1 saturated carbocycles. The van der Waals surface area contributed by atoms with Crippen LogP contribution >= 0.6 is 0 Å². The van der Waals surface area contributed by atoms with Gasteiger partial charge in [-0.05, 0) is 44.6 Å². The third-order valence-corrected chi connectivity index (χ3v) is 7.08. The van der Waals surface area contributed by atoms with Crippen molar-refractivity contribution in [1.29, 1.82) is 0 Å². The SMILES string of the molecule is C=CN(CC1COCCC[Si](C)(C)O1)C1CCCCC1. The monoisotopic (exact) mass is 297 g/mol. The summed E-state index contributed by atoms with van der Waals surface area (Å²) in [7, 11) is -1.51. The Morgan fingerprint density at radius 3 is 2.65 bits per heavy atom. The maximum atomic E-state index is 6.43. The summed E-state index contributed by atoms with van der Waals surface area (Å²) in [5, 5.41) is 0. The first-order valence-electron chi connectivity index (χ1n) is 8.24. The Bertz CT molecular complexity index is 303. The molecule has 1 atom stereocenters. The fraction of sp³-hybridized carbons (Fsp3) is 0.875. The van der Waals surface area contributed by atoms with E-state index < -0.39 is 8.32 Å². The zero-order chi connectivity index (χ0) is 14.4. The number of hydrogen-bond donors (Lipinski definition) is 0. The quantitative estimate of drug-likeness (QED) is 0.737. The maximum absolute atomic E-state index is 6.43. The molecule has 1 saturated heterocycles. The zero-order valence-corrected chi connectivity index (χ0v) is 14.3. The highest BCUT2D eigenvalue weighted by Gasteiger charge is 2.30. The minimum atomic E-state index is -1.51. The lowest BCUT2D eigenvalue weighted by Crippen LogP contribution is -2.46. The van der Waals surface area contributed by atoms with Crippen LogP contribution in [0.15, 0.2) is 12.8 Å². The average Bonchev–Trinajstić information content (AvgIpc) is 2.42. The van der Waals surface area contributed by atoms with Crippen molar-refractivity contribution in [2.45, 2.75) is 69.8 Å². The van der Waals surface area contributed by atoms with Gasteiger partial charge in [0.15, 0.2) is 8.32 Å². The van der Waals surface area contributed by atoms with E-state index in [0.717, 1.165) is 26.2 Å². The molecule has 1 unspecified atom stereocenters. The molecule has 1 aliphatic heterocycles. The van der Waals surface area contributed by atoms with Gasteiger partial charge in [0, 0.05) is 19.2 Å². The van der Waals surface area contributed by atoms with Crippen molar-refractivity contribution >= 4 is 8.32 Å². The van der Waals surface area contributed by atoms with Crippen LogP contribution < -0.4 is 0 Å². The molecule has 3 nitrogen and oxygen atoms in total. The minimum absolute atomic E-state index is 0.219. The molecule has 0 spiro atoms. The lowest BCUT2D eigenvalue weighted by molar-refractivity contribution is 0.0161. The summed E-state index contributed by atoms with van der Waals surface area (Å²) in [5.74, 6) is 0. The fourth-order valence-electron chi connectivity index (χ4n) is 3.47. The molecule has 4 heteroatoms. The molecular weight excluding hydrogens is 266 g/mol. The second-order valence-electron chi connectivity index (χ2n) is 6.85. The summed E-state index contributed by atoms with van der Waals surface area (Å²) < 4.78 is 12.2. The van der Waals surface area contributed by atoms with Crippen molar-refractivity contribution in [1.82, 2.24) is 4.90 Å². The average molecular weight is 298 g/mol. The zero-order valence-electron chi connectivity index (χ0n) is 13.3. The van der Waals surface area contributed by atoms with Crippen LogP contribution in [0.1, 0.15) is 38.5 Å². The van der Waals surface area contributed by atoms with Crippen molar-refractivity contribution in [3.8, 4) is 0 Å². The molecule has 0 bridgehead atoms. The van der Waals surface area contributed by atoms with Crippen LogP contribution in [0.3, 0.4) is 0 Å². The maximum Gasteiger partial charge on any atom is 0.187 e. The van der Waals surface area contributed by atoms with Crippen LogP contribution in [0.5, 0.6) is 0 Å². The van der Waals surface area contributed by atoms with E-state index in [1.165, 1.54) is 38.1 Å². The van der Waals surface area contributed by atoms with Gasteiger partial charge in [-0.3, -0.25) is 0 Å². The van der Waals surface area contributed by atoms with Crippen LogP contribution in [0.2, 0.25) is 19.1 Å². The highest BCUT2D eigenvalue weighted by atomic mass is 28.4. The molecular formula is C16H31NO2Si. The molecule has 2 rings (SSSR count). The van der Waals surface area contributed by atoms with E-state index in [2.05, 4.69) is 24.6 Å². The standard InChI is InChI=1S/C16H31NO2Si/c1-4-17(15-9-6-5-7-10-15)13-16-14-18-11-8-12-20(2,3)19-16/h4,15-16H,1,5-14H2,2-3H3. The first-order chi connectivity index (χ1) is 9.61. The molecule has 20 heavy (non-hydrogen) atoms. The molecule has 1 heterocycles. The number of ether oxygens (including phenoxy) is 1. The summed E-state index contributed by atoms with van der Waals surface area (Å²) in [4.78, 5) is 2.42. The van der Waals surface area contributed by atoms with Gasteiger partial charge in [-0.15, -0.1) is 0 Å². The van der Waals surface area contributed by atoms with Gasteiger partial charge in [-0.2, -0.15) is 0 Å². The Labute approximate surface area is 125 Å². The summed E-state index contributed by atoms with van der Waals surface area (Å²) in [6, 6.07) is 1.88. The van der Waals surface area contributed by atoms with Gasteiger partial charge >= 0.3 is 0 Å². The largest absolute Gasteiger partial charge is 0.410 e. The number of nitrogens with zero attached hydrogens (tertiary/aromatic N) is 1. The van der Waals surface area contributed by atoms with E-state index >= 15 is 0 Å². The molecule has 0 radical (unpaired) electrons. The van der Waals surface area contributed by atoms with Gasteiger partial charge in [0.25, 0.3) is 0 Å². The molecule has 0 aromatic heterocycles. The Morgan fingerprint density at radius 1 is 1.20 bits per heavy atom. The third kappa shape index (κ3) is 4.90. The predicted molar refractivity (Wildman–Crippen MR) is 86.4 cm³/mol. The minimum Gasteiger partial charge on any atom is -0.410 e. The van der Waals surface area contributed by atoms with Gasteiger partial charge in [-0.25, -0.2) is 0 Å². The Hall–Kier alpha value is -0.323. The third-order valence-electron chi connectivity index (χ3n) is 4.55. The van der Waals surface area contributed by atoms with Crippen molar-refractivity contribution < 1.29 is 9.16 Å². The molecule has 1 aliphatic carbocycles. The molecule has 0 N–H and O–H groups in total. The highest BCUT2D eigenvalue weighted by molar-refractivity contribution is 6.71. The Morgan fingerprint density at radius 2 is 1.95 bits per heavy atom. The van der Waals surface area contributed by atoms with Crippen LogP contribution in [0, 0.1) is 0 Å². The Balaban J connectivity index is 1.91. The van der Waals surface area contributed by atoms with Crippen molar-refractivity contribution in [2.24, 2.45) is 0 Å². The van der Waals surface area contributed by atoms with Gasteiger partial charge in [0.05, 0.1) is 12.7 Å². The van der Waals surface area contributed by atoms with Crippen LogP contribution in [-0.4, -0.2) is 45.1 Å². The lowest BCUT2D eigenvalue weighted by Gasteiger charge is -2.38. The van der Waals surface area contributed by atoms with Crippen molar-refractivity contribution in [3.05, 3.63) is 12.8 Å². The van der Waals surface area contributed by atoms with Crippen LogP contribution in [0.4, 0.5) is 0 Å². The Kier molecular flexibility index (Phi) is 6.12. The molecule has 2 aliphatic rings. The van der Waals surface area contributed by atoms with E-state index in [9.17, 15) is 0 Å². The van der Waals surface area contributed by atoms with Gasteiger partial charge in [0.1, 0.15) is 0 Å². The van der Waals surface area contributed by atoms with E-state index in [0.29, 0.717) is 6.04 Å². The summed E-state index contributed by atoms with van der Waals surface area (Å²) in [6.07, 6.45) is 10.1. The molecule has 2 fully saturated rings. The molecule has 0 aromatic rings. The summed E-state index contributed by atoms with van der Waals surface area (Å²) >= 11 is 0. The first kappa shape index (κ1) is 16.1. The normalized spacial score (nSPS) is 28.4. The van der Waals surface area contributed by atoms with Gasteiger partial charge in [0.2, 0.25) is 0 Å². The van der Waals surface area contributed by atoms with E-state index in [4.69, 9.17) is 9.16 Å². The summed E-state index contributed by atoms with van der Waals surface area (Å²) in [5.41, 5.74) is 0. The fourth-order valence-corrected chi connectivity index (χ4v) is 5.63. The smallest absolute Gasteiger partial charge is 0.187 e. The van der Waals surface area contributed by atoms with E-state index in [-0.39, 0.29) is 6.10 Å². The molecule has 0 aromatic carbocycles.